The van der Waals surface area contributed by atoms with Crippen LogP contribution in [0.3, 0.4) is 0 Å². The number of unbranched alkanes of at least 4 members (excludes halogenated alkanes) is 1. The lowest BCUT2D eigenvalue weighted by atomic mass is 10.2. The highest BCUT2D eigenvalue weighted by molar-refractivity contribution is 7.99. The first-order valence-corrected chi connectivity index (χ1v) is 9.01. The molecule has 0 bridgehead atoms. The van der Waals surface area contributed by atoms with Crippen LogP contribution in [0.15, 0.2) is 68.2 Å². The Labute approximate surface area is 150 Å². The maximum atomic E-state index is 11.5. The van der Waals surface area contributed by atoms with Crippen LogP contribution < -0.4 is 5.43 Å². The van der Waals surface area contributed by atoms with Crippen LogP contribution in [0.25, 0.3) is 10.9 Å². The number of amides is 1. The van der Waals surface area contributed by atoms with Crippen molar-refractivity contribution >= 4 is 34.8 Å². The number of furan rings is 1. The van der Waals surface area contributed by atoms with E-state index in [4.69, 9.17) is 4.42 Å². The maximum absolute atomic E-state index is 11.5. The van der Waals surface area contributed by atoms with Crippen LogP contribution in [-0.4, -0.2) is 17.1 Å². The molecule has 0 spiro atoms. The standard InChI is InChI=1S/C19H19N3O2S/c1-2-3-9-17(23)22-21-13-15-10-11-18(24-15)25-16-8-4-6-14-7-5-12-20-19(14)16/h4-8,10-13H,2-3,9H2,1H3,(H,22,23)/b21-13+. The monoisotopic (exact) mass is 353 g/mol. The highest BCUT2D eigenvalue weighted by Crippen LogP contribution is 2.33. The van der Waals surface area contributed by atoms with E-state index in [9.17, 15) is 4.79 Å². The summed E-state index contributed by atoms with van der Waals surface area (Å²) in [7, 11) is 0. The average Bonchev–Trinajstić information content (AvgIpc) is 3.07. The number of aromatic nitrogens is 1. The molecule has 1 aromatic carbocycles. The Hall–Kier alpha value is -2.60. The number of nitrogens with one attached hydrogen (secondary N) is 1. The van der Waals surface area contributed by atoms with Crippen LogP contribution >= 0.6 is 11.8 Å². The molecule has 0 radical (unpaired) electrons. The highest BCUT2D eigenvalue weighted by Gasteiger charge is 2.07. The minimum absolute atomic E-state index is 0.0823. The fraction of sp³-hybridized carbons (Fsp3) is 0.211. The van der Waals surface area contributed by atoms with E-state index in [1.54, 1.807) is 6.20 Å². The molecule has 3 aromatic rings. The van der Waals surface area contributed by atoms with E-state index in [0.717, 1.165) is 33.7 Å². The summed E-state index contributed by atoms with van der Waals surface area (Å²) in [5.74, 6) is 0.507. The Morgan fingerprint density at radius 3 is 3.04 bits per heavy atom. The molecule has 3 rings (SSSR count). The van der Waals surface area contributed by atoms with E-state index in [2.05, 4.69) is 15.5 Å². The summed E-state index contributed by atoms with van der Waals surface area (Å²) in [6.45, 7) is 2.05. The fourth-order valence-electron chi connectivity index (χ4n) is 2.29. The van der Waals surface area contributed by atoms with Gasteiger partial charge in [0.05, 0.1) is 11.7 Å². The Kier molecular flexibility index (Phi) is 5.85. The number of para-hydroxylation sites is 1. The van der Waals surface area contributed by atoms with E-state index in [1.807, 2.05) is 49.4 Å². The molecule has 0 aliphatic rings. The number of rotatable bonds is 7. The van der Waals surface area contributed by atoms with Gasteiger partial charge in [0, 0.05) is 22.9 Å². The lowest BCUT2D eigenvalue weighted by Gasteiger charge is -2.02. The van der Waals surface area contributed by atoms with Crippen molar-refractivity contribution in [2.75, 3.05) is 0 Å². The average molecular weight is 353 g/mol. The van der Waals surface area contributed by atoms with Crippen molar-refractivity contribution in [3.05, 3.63) is 54.4 Å². The summed E-state index contributed by atoms with van der Waals surface area (Å²) in [5.41, 5.74) is 3.45. The second-order valence-corrected chi connectivity index (χ2v) is 6.53. The van der Waals surface area contributed by atoms with Crippen LogP contribution in [0.4, 0.5) is 0 Å². The summed E-state index contributed by atoms with van der Waals surface area (Å²) < 4.78 is 5.73. The number of carbonyl (C=O) groups is 1. The number of benzene rings is 1. The summed E-state index contributed by atoms with van der Waals surface area (Å²) >= 11 is 1.51. The Balaban J connectivity index is 1.64. The molecule has 1 N–H and O–H groups in total. The van der Waals surface area contributed by atoms with Crippen LogP contribution in [0.2, 0.25) is 0 Å². The largest absolute Gasteiger partial charge is 0.448 e. The van der Waals surface area contributed by atoms with Gasteiger partial charge in [0.15, 0.2) is 5.09 Å². The van der Waals surface area contributed by atoms with Gasteiger partial charge in [-0.15, -0.1) is 0 Å². The molecule has 5 nitrogen and oxygen atoms in total. The van der Waals surface area contributed by atoms with Crippen molar-refractivity contribution < 1.29 is 9.21 Å². The summed E-state index contributed by atoms with van der Waals surface area (Å²) in [6.07, 6.45) is 5.63. The third-order valence-electron chi connectivity index (χ3n) is 3.55. The van der Waals surface area contributed by atoms with Crippen molar-refractivity contribution in [2.45, 2.75) is 36.2 Å². The Morgan fingerprint density at radius 2 is 2.16 bits per heavy atom. The predicted octanol–water partition coefficient (Wildman–Crippen LogP) is 4.62. The van der Waals surface area contributed by atoms with Gasteiger partial charge < -0.3 is 4.42 Å². The number of pyridine rings is 1. The van der Waals surface area contributed by atoms with E-state index in [0.29, 0.717) is 12.2 Å². The van der Waals surface area contributed by atoms with Crippen LogP contribution in [0.1, 0.15) is 31.9 Å². The molecule has 0 fully saturated rings. The number of carbonyl (C=O) groups excluding carboxylic acids is 1. The van der Waals surface area contributed by atoms with Gasteiger partial charge in [-0.2, -0.15) is 5.10 Å². The highest BCUT2D eigenvalue weighted by atomic mass is 32.2. The van der Waals surface area contributed by atoms with E-state index >= 15 is 0 Å². The van der Waals surface area contributed by atoms with E-state index in [1.165, 1.54) is 18.0 Å². The molecule has 0 aliphatic carbocycles. The molecule has 0 aliphatic heterocycles. The minimum atomic E-state index is -0.0823. The van der Waals surface area contributed by atoms with Gasteiger partial charge in [0.2, 0.25) is 5.91 Å². The number of fused-ring (bicyclic) bond motifs is 1. The number of hydrazone groups is 1. The van der Waals surface area contributed by atoms with Crippen molar-refractivity contribution in [3.63, 3.8) is 0 Å². The third-order valence-corrected chi connectivity index (χ3v) is 4.52. The quantitative estimate of drug-likeness (QED) is 0.497. The normalized spacial score (nSPS) is 11.2. The molecule has 1 amide bonds. The topological polar surface area (TPSA) is 67.5 Å². The van der Waals surface area contributed by atoms with Crippen molar-refractivity contribution in [3.8, 4) is 0 Å². The number of hydrogen-bond donors (Lipinski definition) is 1. The molecular formula is C19H19N3O2S. The van der Waals surface area contributed by atoms with Crippen LogP contribution in [-0.2, 0) is 4.79 Å². The Morgan fingerprint density at radius 1 is 1.28 bits per heavy atom. The van der Waals surface area contributed by atoms with Gasteiger partial charge in [0.25, 0.3) is 0 Å². The lowest BCUT2D eigenvalue weighted by Crippen LogP contribution is -2.16. The number of nitrogens with zero attached hydrogens (tertiary/aromatic N) is 2. The first-order chi connectivity index (χ1) is 12.3. The molecule has 25 heavy (non-hydrogen) atoms. The summed E-state index contributed by atoms with van der Waals surface area (Å²) in [6, 6.07) is 13.7. The van der Waals surface area contributed by atoms with Gasteiger partial charge in [-0.05, 0) is 42.4 Å². The van der Waals surface area contributed by atoms with E-state index in [-0.39, 0.29) is 5.91 Å². The second-order valence-electron chi connectivity index (χ2n) is 5.49. The summed E-state index contributed by atoms with van der Waals surface area (Å²) in [4.78, 5) is 17.0. The maximum Gasteiger partial charge on any atom is 0.240 e. The van der Waals surface area contributed by atoms with Gasteiger partial charge in [0.1, 0.15) is 5.76 Å². The SMILES string of the molecule is CCCCC(=O)N/N=C/c1ccc(Sc2cccc3cccnc23)o1. The fourth-order valence-corrected chi connectivity index (χ4v) is 3.19. The minimum Gasteiger partial charge on any atom is -0.448 e. The zero-order valence-electron chi connectivity index (χ0n) is 13.9. The Bertz CT molecular complexity index is 884. The zero-order chi connectivity index (χ0) is 17.5. The third kappa shape index (κ3) is 4.70. The summed E-state index contributed by atoms with van der Waals surface area (Å²) in [5, 5.41) is 5.77. The molecule has 2 heterocycles. The van der Waals surface area contributed by atoms with Crippen LogP contribution in [0, 0.1) is 0 Å². The lowest BCUT2D eigenvalue weighted by molar-refractivity contribution is -0.121. The van der Waals surface area contributed by atoms with E-state index < -0.39 is 0 Å². The molecular weight excluding hydrogens is 334 g/mol. The van der Waals surface area contributed by atoms with Gasteiger partial charge in [-0.1, -0.05) is 31.5 Å². The first-order valence-electron chi connectivity index (χ1n) is 8.19. The predicted molar refractivity (Wildman–Crippen MR) is 99.8 cm³/mol. The van der Waals surface area contributed by atoms with Crippen LogP contribution in [0.5, 0.6) is 0 Å². The molecule has 0 atom stereocenters. The second kappa shape index (κ2) is 8.48. The van der Waals surface area contributed by atoms with Gasteiger partial charge in [-0.3, -0.25) is 9.78 Å². The molecule has 0 unspecified atom stereocenters. The molecule has 0 saturated heterocycles. The van der Waals surface area contributed by atoms with Crippen molar-refractivity contribution in [2.24, 2.45) is 5.10 Å². The first kappa shape index (κ1) is 17.2. The smallest absolute Gasteiger partial charge is 0.240 e. The number of hydrogen-bond acceptors (Lipinski definition) is 5. The van der Waals surface area contributed by atoms with Crippen molar-refractivity contribution in [1.82, 2.24) is 10.4 Å². The molecule has 6 heteroatoms. The van der Waals surface area contributed by atoms with Gasteiger partial charge in [-0.25, -0.2) is 5.43 Å². The molecule has 128 valence electrons. The molecule has 2 aromatic heterocycles. The van der Waals surface area contributed by atoms with Crippen molar-refractivity contribution in [1.29, 1.82) is 0 Å². The van der Waals surface area contributed by atoms with Gasteiger partial charge >= 0.3 is 0 Å². The molecule has 0 saturated carbocycles. The zero-order valence-corrected chi connectivity index (χ0v) is 14.8.